The van der Waals surface area contributed by atoms with Gasteiger partial charge in [0.15, 0.2) is 5.78 Å². The van der Waals surface area contributed by atoms with Crippen LogP contribution in [0.5, 0.6) is 5.75 Å². The molecule has 7 nitrogen and oxygen atoms in total. The van der Waals surface area contributed by atoms with Crippen molar-refractivity contribution in [3.05, 3.63) is 107 Å². The third kappa shape index (κ3) is 7.23. The summed E-state index contributed by atoms with van der Waals surface area (Å²) in [6.07, 6.45) is 2.59. The number of ketones is 1. The van der Waals surface area contributed by atoms with Gasteiger partial charge in [0.1, 0.15) is 5.75 Å². The van der Waals surface area contributed by atoms with Crippen LogP contribution in [0.2, 0.25) is 0 Å². The van der Waals surface area contributed by atoms with E-state index >= 15 is 0 Å². The number of nitrogens with one attached hydrogen (secondary N) is 1. The lowest BCUT2D eigenvalue weighted by molar-refractivity contribution is -0.132. The first-order valence-corrected chi connectivity index (χ1v) is 15.2. The molecule has 0 aromatic heterocycles. The lowest BCUT2D eigenvalue weighted by Gasteiger charge is -2.44. The summed E-state index contributed by atoms with van der Waals surface area (Å²) in [7, 11) is 1.86. The Kier molecular flexibility index (Phi) is 9.72. The molecule has 43 heavy (non-hydrogen) atoms. The Hall–Kier alpha value is -4.23. The number of Topliss-reactive ketones (excluding diaryl/α,β-unsaturated/α-hetero) is 1. The van der Waals surface area contributed by atoms with Gasteiger partial charge in [-0.05, 0) is 47.2 Å². The molecule has 2 amide bonds. The van der Waals surface area contributed by atoms with E-state index in [1.54, 1.807) is 6.92 Å². The SMILES string of the molecule is CCC(=O)c1ccccc1OCCc1ccc(C2=C(C(=O)N(C)CCc3ccccc3)[C@H]3CN(C(C)=O)C[C@@H](C2)N3)cc1. The van der Waals surface area contributed by atoms with Crippen molar-refractivity contribution in [2.24, 2.45) is 0 Å². The fourth-order valence-electron chi connectivity index (χ4n) is 6.04. The minimum absolute atomic E-state index is 0.00468. The van der Waals surface area contributed by atoms with Gasteiger partial charge in [0.2, 0.25) is 5.91 Å². The van der Waals surface area contributed by atoms with Gasteiger partial charge in [-0.2, -0.15) is 0 Å². The van der Waals surface area contributed by atoms with E-state index in [1.165, 1.54) is 5.56 Å². The molecule has 0 spiro atoms. The summed E-state index contributed by atoms with van der Waals surface area (Å²) in [5.41, 5.74) is 5.79. The smallest absolute Gasteiger partial charge is 0.251 e. The first kappa shape index (κ1) is 30.2. The third-order valence-corrected chi connectivity index (χ3v) is 8.47. The van der Waals surface area contributed by atoms with E-state index in [-0.39, 0.29) is 29.7 Å². The van der Waals surface area contributed by atoms with Crippen molar-refractivity contribution in [3.8, 4) is 5.75 Å². The molecule has 2 bridgehead atoms. The number of carbonyl (C=O) groups is 3. The normalized spacial score (nSPS) is 17.9. The Balaban J connectivity index is 1.33. The molecule has 1 saturated heterocycles. The Bertz CT molecular complexity index is 1480. The van der Waals surface area contributed by atoms with E-state index in [0.717, 1.165) is 28.7 Å². The molecule has 1 fully saturated rings. The van der Waals surface area contributed by atoms with Crippen molar-refractivity contribution in [3.63, 3.8) is 0 Å². The first-order valence-electron chi connectivity index (χ1n) is 15.2. The quantitative estimate of drug-likeness (QED) is 0.326. The zero-order valence-corrected chi connectivity index (χ0v) is 25.3. The second kappa shape index (κ2) is 13.8. The fourth-order valence-corrected chi connectivity index (χ4v) is 6.04. The molecule has 2 atom stereocenters. The van der Waals surface area contributed by atoms with E-state index < -0.39 is 0 Å². The van der Waals surface area contributed by atoms with E-state index in [4.69, 9.17) is 4.74 Å². The number of fused-ring (bicyclic) bond motifs is 2. The molecule has 2 aliphatic heterocycles. The van der Waals surface area contributed by atoms with Gasteiger partial charge in [-0.25, -0.2) is 0 Å². The lowest BCUT2D eigenvalue weighted by Crippen LogP contribution is -2.61. The summed E-state index contributed by atoms with van der Waals surface area (Å²) >= 11 is 0. The number of para-hydroxylation sites is 1. The van der Waals surface area contributed by atoms with Gasteiger partial charge in [0.25, 0.3) is 5.91 Å². The molecule has 1 N–H and O–H groups in total. The van der Waals surface area contributed by atoms with Gasteiger partial charge in [0.05, 0.1) is 18.2 Å². The van der Waals surface area contributed by atoms with Crippen LogP contribution in [-0.2, 0) is 22.4 Å². The monoisotopic (exact) mass is 579 g/mol. The van der Waals surface area contributed by atoms with Crippen LogP contribution in [0.4, 0.5) is 0 Å². The van der Waals surface area contributed by atoms with Crippen LogP contribution in [0.15, 0.2) is 84.4 Å². The van der Waals surface area contributed by atoms with Gasteiger partial charge >= 0.3 is 0 Å². The van der Waals surface area contributed by atoms with Crippen molar-refractivity contribution in [2.45, 2.75) is 51.6 Å². The third-order valence-electron chi connectivity index (χ3n) is 8.47. The average molecular weight is 580 g/mol. The Labute approximate surface area is 254 Å². The van der Waals surface area contributed by atoms with Crippen LogP contribution in [0, 0.1) is 0 Å². The molecule has 0 saturated carbocycles. The predicted molar refractivity (Wildman–Crippen MR) is 169 cm³/mol. The first-order chi connectivity index (χ1) is 20.8. The maximum absolute atomic E-state index is 14.0. The molecule has 0 unspecified atom stereocenters. The highest BCUT2D eigenvalue weighted by Crippen LogP contribution is 2.34. The predicted octanol–water partition coefficient (Wildman–Crippen LogP) is 4.95. The standard InChI is InChI=1S/C36H41N3O4/c1-4-33(41)30-12-8-9-13-34(30)43-21-19-27-14-16-28(17-15-27)31-22-29-23-39(25(2)40)24-32(37-29)35(31)36(42)38(3)20-18-26-10-6-5-7-11-26/h5-17,29,32,37H,4,18-24H2,1-3H3/t29-,32-/m1/s1. The zero-order valence-electron chi connectivity index (χ0n) is 25.3. The zero-order chi connectivity index (χ0) is 30.3. The molecular weight excluding hydrogens is 538 g/mol. The second-order valence-electron chi connectivity index (χ2n) is 11.5. The summed E-state index contributed by atoms with van der Waals surface area (Å²) in [6, 6.07) is 25.9. The summed E-state index contributed by atoms with van der Waals surface area (Å²) < 4.78 is 6.00. The highest BCUT2D eigenvalue weighted by Gasteiger charge is 2.39. The highest BCUT2D eigenvalue weighted by molar-refractivity contribution is 6.03. The molecule has 7 heteroatoms. The summed E-state index contributed by atoms with van der Waals surface area (Å²) in [5.74, 6) is 0.737. The molecular formula is C36H41N3O4. The number of hydrogen-bond acceptors (Lipinski definition) is 5. The molecule has 3 aromatic rings. The number of amides is 2. The van der Waals surface area contributed by atoms with Crippen LogP contribution in [0.3, 0.4) is 0 Å². The number of carbonyl (C=O) groups excluding carboxylic acids is 3. The maximum atomic E-state index is 14.0. The number of piperazine rings is 1. The average Bonchev–Trinajstić information content (AvgIpc) is 3.03. The Morgan fingerprint density at radius 3 is 2.33 bits per heavy atom. The number of likely N-dealkylation sites (N-methyl/N-ethyl adjacent to an activating group) is 1. The molecule has 3 aromatic carbocycles. The van der Waals surface area contributed by atoms with Gasteiger partial charge in [-0.1, -0.05) is 73.7 Å². The van der Waals surface area contributed by atoms with Crippen LogP contribution in [-0.4, -0.2) is 72.8 Å². The number of ether oxygens (including phenoxy) is 1. The van der Waals surface area contributed by atoms with E-state index in [9.17, 15) is 14.4 Å². The summed E-state index contributed by atoms with van der Waals surface area (Å²) in [5, 5.41) is 3.63. The van der Waals surface area contributed by atoms with Gasteiger partial charge < -0.3 is 19.9 Å². The Morgan fingerprint density at radius 2 is 1.60 bits per heavy atom. The lowest BCUT2D eigenvalue weighted by atomic mass is 9.82. The Morgan fingerprint density at radius 1 is 0.907 bits per heavy atom. The fraction of sp³-hybridized carbons (Fsp3) is 0.361. The number of benzene rings is 3. The van der Waals surface area contributed by atoms with Crippen LogP contribution in [0.1, 0.15) is 53.7 Å². The minimum Gasteiger partial charge on any atom is -0.492 e. The van der Waals surface area contributed by atoms with Gasteiger partial charge in [-0.3, -0.25) is 14.4 Å². The molecule has 2 aliphatic rings. The van der Waals surface area contributed by atoms with Crippen LogP contribution in [0.25, 0.3) is 5.57 Å². The largest absolute Gasteiger partial charge is 0.492 e. The molecule has 0 aliphatic carbocycles. The summed E-state index contributed by atoms with van der Waals surface area (Å²) in [6.45, 7) is 5.64. The van der Waals surface area contributed by atoms with Crippen molar-refractivity contribution in [1.29, 1.82) is 0 Å². The molecule has 224 valence electrons. The second-order valence-corrected chi connectivity index (χ2v) is 11.5. The number of rotatable bonds is 11. The van der Waals surface area contributed by atoms with E-state index in [0.29, 0.717) is 56.8 Å². The molecule has 5 rings (SSSR count). The molecule has 0 radical (unpaired) electrons. The van der Waals surface area contributed by atoms with Crippen molar-refractivity contribution in [1.82, 2.24) is 15.1 Å². The van der Waals surface area contributed by atoms with Crippen molar-refractivity contribution in [2.75, 3.05) is 33.3 Å². The van der Waals surface area contributed by atoms with Gasteiger partial charge in [0, 0.05) is 58.1 Å². The van der Waals surface area contributed by atoms with Crippen molar-refractivity contribution < 1.29 is 19.1 Å². The number of nitrogens with zero attached hydrogens (tertiary/aromatic N) is 2. The highest BCUT2D eigenvalue weighted by atomic mass is 16.5. The van der Waals surface area contributed by atoms with Crippen molar-refractivity contribution >= 4 is 23.2 Å². The summed E-state index contributed by atoms with van der Waals surface area (Å²) in [4.78, 5) is 42.2. The van der Waals surface area contributed by atoms with Gasteiger partial charge in [-0.15, -0.1) is 0 Å². The van der Waals surface area contributed by atoms with Crippen LogP contribution >= 0.6 is 0 Å². The number of hydrogen-bond donors (Lipinski definition) is 1. The molecule has 2 heterocycles. The van der Waals surface area contributed by atoms with E-state index in [1.807, 2.05) is 66.2 Å². The maximum Gasteiger partial charge on any atom is 0.251 e. The van der Waals surface area contributed by atoms with E-state index in [2.05, 4.69) is 41.7 Å². The topological polar surface area (TPSA) is 79.0 Å². The minimum atomic E-state index is -0.211. The van der Waals surface area contributed by atoms with Crippen LogP contribution < -0.4 is 10.1 Å².